The van der Waals surface area contributed by atoms with Crippen molar-refractivity contribution in [2.45, 2.75) is 78.2 Å². The van der Waals surface area contributed by atoms with Crippen molar-refractivity contribution in [3.05, 3.63) is 119 Å². The predicted octanol–water partition coefficient (Wildman–Crippen LogP) is 5.85. The number of carbonyl (C=O) groups is 6. The Morgan fingerprint density at radius 3 is 1.44 bits per heavy atom. The van der Waals surface area contributed by atoms with Crippen molar-refractivity contribution in [2.24, 2.45) is 17.3 Å². The molecule has 4 rings (SSSR count). The lowest BCUT2D eigenvalue weighted by Gasteiger charge is -2.25. The number of ether oxygens (including phenoxy) is 4. The van der Waals surface area contributed by atoms with Gasteiger partial charge in [-0.2, -0.15) is 0 Å². The fourth-order valence-corrected chi connectivity index (χ4v) is 6.78. The van der Waals surface area contributed by atoms with Gasteiger partial charge in [0.15, 0.2) is 0 Å². The number of aromatic hydroxyl groups is 4. The van der Waals surface area contributed by atoms with Crippen LogP contribution >= 0.6 is 0 Å². The Labute approximate surface area is 372 Å². The van der Waals surface area contributed by atoms with Crippen LogP contribution < -0.4 is 5.32 Å². The number of rotatable bonds is 25. The summed E-state index contributed by atoms with van der Waals surface area (Å²) in [6.45, 7) is 3.62. The summed E-state index contributed by atoms with van der Waals surface area (Å²) in [4.78, 5) is 78.1. The van der Waals surface area contributed by atoms with Gasteiger partial charge in [-0.1, -0.05) is 55.5 Å². The average molecular weight is 884 g/mol. The Balaban J connectivity index is 1.20. The summed E-state index contributed by atoms with van der Waals surface area (Å²) in [7, 11) is 0. The molecule has 342 valence electrons. The van der Waals surface area contributed by atoms with Crippen LogP contribution in [0.3, 0.4) is 0 Å². The van der Waals surface area contributed by atoms with Crippen LogP contribution in [-0.4, -0.2) is 88.5 Å². The van der Waals surface area contributed by atoms with Gasteiger partial charge in [-0.05, 0) is 110 Å². The van der Waals surface area contributed by atoms with Crippen molar-refractivity contribution < 1.29 is 68.1 Å². The fourth-order valence-electron chi connectivity index (χ4n) is 6.78. The molecule has 0 aromatic heterocycles. The lowest BCUT2D eigenvalue weighted by Crippen LogP contribution is -2.43. The Hall–Kier alpha value is -6.90. The molecule has 64 heavy (non-hydrogen) atoms. The summed E-state index contributed by atoms with van der Waals surface area (Å²) in [5.41, 5.74) is 1.89. The third-order valence-corrected chi connectivity index (χ3v) is 10.3. The summed E-state index contributed by atoms with van der Waals surface area (Å²) in [5.74, 6) is -4.55. The van der Waals surface area contributed by atoms with E-state index >= 15 is 0 Å². The molecular weight excluding hydrogens is 827 g/mol. The second kappa shape index (κ2) is 24.7. The summed E-state index contributed by atoms with van der Waals surface area (Å²) in [5, 5.41) is 41.1. The van der Waals surface area contributed by atoms with Crippen molar-refractivity contribution >= 4 is 35.6 Å². The zero-order valence-electron chi connectivity index (χ0n) is 36.3. The molecule has 15 heteroatoms. The van der Waals surface area contributed by atoms with Crippen molar-refractivity contribution in [3.8, 4) is 23.0 Å². The summed E-state index contributed by atoms with van der Waals surface area (Å²) in [6, 6.07) is 24.2. The quantitative estimate of drug-likeness (QED) is 0.0299. The van der Waals surface area contributed by atoms with Gasteiger partial charge in [-0.25, -0.2) is 4.79 Å². The van der Waals surface area contributed by atoms with Crippen LogP contribution in [0.25, 0.3) is 0 Å². The summed E-state index contributed by atoms with van der Waals surface area (Å²) >= 11 is 0. The summed E-state index contributed by atoms with van der Waals surface area (Å²) < 4.78 is 21.5. The minimum absolute atomic E-state index is 0.0368. The molecule has 0 spiro atoms. The maximum atomic E-state index is 13.2. The van der Waals surface area contributed by atoms with Crippen LogP contribution in [0.4, 0.5) is 0 Å². The lowest BCUT2D eigenvalue weighted by molar-refractivity contribution is -0.163. The Kier molecular flexibility index (Phi) is 19.2. The van der Waals surface area contributed by atoms with Gasteiger partial charge in [0.2, 0.25) is 5.91 Å². The van der Waals surface area contributed by atoms with Gasteiger partial charge < -0.3 is 44.7 Å². The highest BCUT2D eigenvalue weighted by Crippen LogP contribution is 2.28. The molecule has 0 aliphatic rings. The van der Waals surface area contributed by atoms with E-state index in [2.05, 4.69) is 5.32 Å². The minimum atomic E-state index is -1.15. The number of Topliss-reactive ketones (excluding diaryl/α,β-unsaturated/α-hetero) is 1. The molecule has 15 nitrogen and oxygen atoms in total. The number of nitrogens with one attached hydrogen (secondary N) is 1. The van der Waals surface area contributed by atoms with Crippen molar-refractivity contribution in [1.29, 1.82) is 0 Å². The number of aryl methyl sites for hydroxylation is 2. The monoisotopic (exact) mass is 883 g/mol. The van der Waals surface area contributed by atoms with Crippen LogP contribution in [0.5, 0.6) is 23.0 Å². The van der Waals surface area contributed by atoms with E-state index in [1.807, 2.05) is 0 Å². The molecule has 0 aliphatic heterocycles. The van der Waals surface area contributed by atoms with Crippen LogP contribution in [0.2, 0.25) is 0 Å². The van der Waals surface area contributed by atoms with Gasteiger partial charge in [-0.15, -0.1) is 0 Å². The van der Waals surface area contributed by atoms with Gasteiger partial charge in [0.05, 0.1) is 17.3 Å². The van der Waals surface area contributed by atoms with E-state index < -0.39 is 53.1 Å². The van der Waals surface area contributed by atoms with E-state index in [0.717, 1.165) is 11.1 Å². The molecule has 5 N–H and O–H groups in total. The standard InChI is InChI=1S/C49H57NO14/c1-32(45(57)61-24-25-62-46(58)37(28-35-9-18-40(53)19-10-35)30-42(55)22-8-33-4-14-38(51)15-5-33)31-49(2,3)48(60)64-27-26-63-47(59)43(29-36-11-20-41(54)21-12-36)50-44(56)23-13-34-6-16-39(52)17-7-34/h4-7,9-12,14-21,32,37,43,51-54H,8,13,22-31H2,1-3H3,(H,50,56)/t32?,37-,43+/m1/s1. The molecular formula is C49H57NO14. The normalized spacial score (nSPS) is 12.5. The maximum Gasteiger partial charge on any atom is 0.329 e. The van der Waals surface area contributed by atoms with Gasteiger partial charge >= 0.3 is 23.9 Å². The maximum absolute atomic E-state index is 13.2. The molecule has 0 bridgehead atoms. The van der Waals surface area contributed by atoms with E-state index in [9.17, 15) is 49.2 Å². The van der Waals surface area contributed by atoms with Gasteiger partial charge in [0.1, 0.15) is 61.3 Å². The average Bonchev–Trinajstić information content (AvgIpc) is 3.26. The van der Waals surface area contributed by atoms with E-state index in [0.29, 0.717) is 24.0 Å². The van der Waals surface area contributed by atoms with Crippen molar-refractivity contribution in [3.63, 3.8) is 0 Å². The van der Waals surface area contributed by atoms with E-state index in [1.54, 1.807) is 69.3 Å². The third kappa shape index (κ3) is 17.5. The van der Waals surface area contributed by atoms with Crippen molar-refractivity contribution in [1.82, 2.24) is 5.32 Å². The first-order valence-corrected chi connectivity index (χ1v) is 21.1. The number of phenols is 4. The van der Waals surface area contributed by atoms with E-state index in [-0.39, 0.29) is 93.7 Å². The number of hydrogen-bond acceptors (Lipinski definition) is 14. The molecule has 3 atom stereocenters. The number of benzene rings is 4. The number of carbonyl (C=O) groups excluding carboxylic acids is 6. The van der Waals surface area contributed by atoms with Gasteiger partial charge in [0.25, 0.3) is 0 Å². The highest BCUT2D eigenvalue weighted by molar-refractivity contribution is 5.85. The molecule has 0 radical (unpaired) electrons. The smallest absolute Gasteiger partial charge is 0.329 e. The number of hydrogen-bond donors (Lipinski definition) is 5. The Morgan fingerprint density at radius 2 is 0.938 bits per heavy atom. The fraction of sp³-hybridized carbons (Fsp3) is 0.388. The summed E-state index contributed by atoms with van der Waals surface area (Å²) in [6.07, 6.45) is 1.22. The number of esters is 4. The molecule has 0 saturated heterocycles. The Bertz CT molecular complexity index is 2150. The number of ketones is 1. The van der Waals surface area contributed by atoms with Crippen molar-refractivity contribution in [2.75, 3.05) is 26.4 Å². The molecule has 0 fully saturated rings. The SMILES string of the molecule is CC(CC(C)(C)C(=O)OCCOC(=O)[C@H](Cc1ccc(O)cc1)NC(=O)CCc1ccc(O)cc1)C(=O)OCCOC(=O)[C@@H](CC(=O)CCc1ccc(O)cc1)Cc1ccc(O)cc1. The molecule has 4 aromatic carbocycles. The highest BCUT2D eigenvalue weighted by Gasteiger charge is 2.34. The van der Waals surface area contributed by atoms with E-state index in [1.165, 1.54) is 48.5 Å². The highest BCUT2D eigenvalue weighted by atomic mass is 16.6. The van der Waals surface area contributed by atoms with Crippen LogP contribution in [0, 0.1) is 17.3 Å². The topological polar surface area (TPSA) is 232 Å². The van der Waals surface area contributed by atoms with Gasteiger partial charge in [-0.3, -0.25) is 24.0 Å². The third-order valence-electron chi connectivity index (χ3n) is 10.3. The van der Waals surface area contributed by atoms with E-state index in [4.69, 9.17) is 18.9 Å². The molecule has 4 aromatic rings. The molecule has 0 saturated carbocycles. The first-order valence-electron chi connectivity index (χ1n) is 21.1. The minimum Gasteiger partial charge on any atom is -0.508 e. The molecule has 0 aliphatic carbocycles. The zero-order valence-corrected chi connectivity index (χ0v) is 36.3. The largest absolute Gasteiger partial charge is 0.508 e. The number of amides is 1. The first-order chi connectivity index (χ1) is 30.5. The Morgan fingerprint density at radius 1 is 0.531 bits per heavy atom. The molecule has 0 heterocycles. The molecule has 1 unspecified atom stereocenters. The molecule has 1 amide bonds. The van der Waals surface area contributed by atoms with Gasteiger partial charge in [0, 0.05) is 25.7 Å². The lowest BCUT2D eigenvalue weighted by atomic mass is 9.83. The first kappa shape index (κ1) is 49.8. The van der Waals surface area contributed by atoms with Crippen LogP contribution in [-0.2, 0) is 73.4 Å². The second-order valence-corrected chi connectivity index (χ2v) is 16.3. The van der Waals surface area contributed by atoms with Crippen LogP contribution in [0.15, 0.2) is 97.1 Å². The second-order valence-electron chi connectivity index (χ2n) is 16.3. The zero-order chi connectivity index (χ0) is 46.6. The predicted molar refractivity (Wildman–Crippen MR) is 233 cm³/mol. The number of phenolic OH excluding ortho intramolecular Hbond substituents is 4. The van der Waals surface area contributed by atoms with Crippen LogP contribution in [0.1, 0.15) is 68.7 Å².